The van der Waals surface area contributed by atoms with Crippen molar-refractivity contribution in [1.29, 1.82) is 5.26 Å². The van der Waals surface area contributed by atoms with Gasteiger partial charge in [-0.3, -0.25) is 9.32 Å². The molecule has 1 aliphatic rings. The number of rotatable bonds is 13. The van der Waals surface area contributed by atoms with E-state index < -0.39 is 49.8 Å². The van der Waals surface area contributed by atoms with Gasteiger partial charge in [0.15, 0.2) is 0 Å². The summed E-state index contributed by atoms with van der Waals surface area (Å²) in [6, 6.07) is 13.8. The van der Waals surface area contributed by atoms with Gasteiger partial charge in [0.2, 0.25) is 5.60 Å². The number of nitriles is 1. The van der Waals surface area contributed by atoms with Gasteiger partial charge in [-0.1, -0.05) is 44.9 Å². The second kappa shape index (κ2) is 13.0. The van der Waals surface area contributed by atoms with E-state index in [1.54, 1.807) is 42.5 Å². The number of benzene rings is 1. The summed E-state index contributed by atoms with van der Waals surface area (Å²) in [7, 11) is -4.33. The molecular weight excluding hydrogens is 577 g/mol. The molecule has 1 aromatic carbocycles. The van der Waals surface area contributed by atoms with Crippen LogP contribution in [0.4, 0.5) is 5.69 Å². The van der Waals surface area contributed by atoms with Gasteiger partial charge in [0.1, 0.15) is 35.7 Å². The average Bonchev–Trinajstić information content (AvgIpc) is 3.51. The Kier molecular flexibility index (Phi) is 9.81. The minimum Gasteiger partial charge on any atom is -0.464 e. The molecule has 6 atom stereocenters. The lowest BCUT2D eigenvalue weighted by molar-refractivity contribution is -0.146. The summed E-state index contributed by atoms with van der Waals surface area (Å²) < 4.78 is 38.1. The highest BCUT2D eigenvalue weighted by molar-refractivity contribution is 7.52. The maximum atomic E-state index is 14.0. The fourth-order valence-electron chi connectivity index (χ4n) is 4.95. The number of aliphatic hydroxyl groups excluding tert-OH is 1. The lowest BCUT2D eigenvalue weighted by Gasteiger charge is -2.33. The molecule has 0 amide bonds. The van der Waals surface area contributed by atoms with E-state index in [1.165, 1.54) is 30.6 Å². The molecule has 0 bridgehead atoms. The number of ether oxygens (including phenoxy) is 2. The van der Waals surface area contributed by atoms with E-state index in [1.807, 2.05) is 19.9 Å². The fourth-order valence-corrected chi connectivity index (χ4v) is 6.45. The minimum absolute atomic E-state index is 0.125. The number of hydrogen-bond acceptors (Lipinski definition) is 11. The topological polar surface area (TPSA) is 191 Å². The van der Waals surface area contributed by atoms with Crippen LogP contribution in [0.25, 0.3) is 5.52 Å². The van der Waals surface area contributed by atoms with E-state index in [2.05, 4.69) is 10.2 Å². The number of carbonyl (C=O) groups is 1. The Labute approximate surface area is 250 Å². The third-order valence-electron chi connectivity index (χ3n) is 7.77. The van der Waals surface area contributed by atoms with Gasteiger partial charge in [-0.05, 0) is 50.1 Å². The van der Waals surface area contributed by atoms with Gasteiger partial charge in [0.05, 0.1) is 30.1 Å². The number of para-hydroxylation sites is 1. The zero-order valence-electron chi connectivity index (χ0n) is 24.5. The Balaban J connectivity index is 1.57. The molecule has 3 heterocycles. The van der Waals surface area contributed by atoms with Crippen LogP contribution in [0.2, 0.25) is 0 Å². The third kappa shape index (κ3) is 6.40. The molecule has 232 valence electrons. The first-order chi connectivity index (χ1) is 20.4. The summed E-state index contributed by atoms with van der Waals surface area (Å²) in [6.45, 7) is 6.34. The third-order valence-corrected chi connectivity index (χ3v) is 9.42. The number of anilines is 1. The summed E-state index contributed by atoms with van der Waals surface area (Å²) in [5.41, 5.74) is 2.73. The largest absolute Gasteiger partial charge is 0.464 e. The first-order valence-electron chi connectivity index (χ1n) is 14.1. The van der Waals surface area contributed by atoms with Crippen LogP contribution in [0.15, 0.2) is 54.7 Å². The monoisotopic (exact) mass is 615 g/mol. The van der Waals surface area contributed by atoms with Crippen molar-refractivity contribution in [3.63, 3.8) is 0 Å². The number of aliphatic hydroxyl groups is 2. The number of fused-ring (bicyclic) bond motifs is 1. The predicted octanol–water partition coefficient (Wildman–Crippen LogP) is 3.31. The Morgan fingerprint density at radius 3 is 2.60 bits per heavy atom. The van der Waals surface area contributed by atoms with Crippen LogP contribution in [0, 0.1) is 17.2 Å². The highest BCUT2D eigenvalue weighted by Crippen LogP contribution is 2.50. The maximum Gasteiger partial charge on any atom is 0.459 e. The highest BCUT2D eigenvalue weighted by atomic mass is 31.2. The van der Waals surface area contributed by atoms with Crippen LogP contribution in [0.1, 0.15) is 46.2 Å². The SMILES string of the molecule is CCC(CC)COC(=O)[C@H](C)NP(=O)(OC[C@H]1O[C@@](C#N)(c2ccc3c(N)ccnn23)[C@](C)(O)[C@@H]1O)Oc1ccccc1. The number of nitrogens with zero attached hydrogens (tertiary/aromatic N) is 3. The zero-order chi connectivity index (χ0) is 31.4. The number of nitrogen functional groups attached to an aromatic ring is 1. The fraction of sp³-hybridized carbons (Fsp3) is 0.483. The molecule has 1 saturated heterocycles. The average molecular weight is 616 g/mol. The van der Waals surface area contributed by atoms with E-state index in [4.69, 9.17) is 24.3 Å². The van der Waals surface area contributed by atoms with Crippen molar-refractivity contribution in [2.45, 2.75) is 70.0 Å². The molecule has 0 spiro atoms. The highest BCUT2D eigenvalue weighted by Gasteiger charge is 2.65. The van der Waals surface area contributed by atoms with Gasteiger partial charge in [-0.15, -0.1) is 0 Å². The Hall–Kier alpha value is -3.50. The van der Waals surface area contributed by atoms with E-state index in [0.29, 0.717) is 11.2 Å². The van der Waals surface area contributed by atoms with E-state index in [-0.39, 0.29) is 24.0 Å². The molecule has 1 fully saturated rings. The van der Waals surface area contributed by atoms with Gasteiger partial charge in [0, 0.05) is 6.20 Å². The standard InChI is InChI=1S/C29H38N5O8P/c1-5-20(6-2)16-39-27(36)19(3)33-43(38,42-21-10-8-7-9-11-21)40-17-24-26(35)28(4,37)29(18-30,41-24)25-13-12-23-22(31)14-15-32-34(23)25/h7-15,19-20,24,26,35,37H,5-6,16-17,31H2,1-4H3,(H,33,38)/t19-,24+,26+,28+,29-,43?/m0/s1. The molecule has 5 N–H and O–H groups in total. The first-order valence-corrected chi connectivity index (χ1v) is 15.6. The number of nitrogens with one attached hydrogen (secondary N) is 1. The molecule has 1 aliphatic heterocycles. The second-order valence-corrected chi connectivity index (χ2v) is 12.4. The lowest BCUT2D eigenvalue weighted by Crippen LogP contribution is -2.52. The van der Waals surface area contributed by atoms with Crippen molar-refractivity contribution >= 4 is 24.9 Å². The molecule has 2 aromatic heterocycles. The van der Waals surface area contributed by atoms with Crippen molar-refractivity contribution in [3.8, 4) is 11.8 Å². The van der Waals surface area contributed by atoms with Crippen molar-refractivity contribution < 1.29 is 38.1 Å². The molecule has 0 radical (unpaired) electrons. The lowest BCUT2D eigenvalue weighted by atomic mass is 9.80. The van der Waals surface area contributed by atoms with E-state index in [0.717, 1.165) is 12.8 Å². The normalized spacial score (nSPS) is 25.7. The van der Waals surface area contributed by atoms with Gasteiger partial charge in [-0.25, -0.2) is 9.08 Å². The predicted molar refractivity (Wildman–Crippen MR) is 157 cm³/mol. The van der Waals surface area contributed by atoms with Crippen LogP contribution < -0.4 is 15.3 Å². The van der Waals surface area contributed by atoms with Crippen molar-refractivity contribution in [1.82, 2.24) is 14.7 Å². The van der Waals surface area contributed by atoms with Crippen LogP contribution in [-0.4, -0.2) is 62.9 Å². The van der Waals surface area contributed by atoms with E-state index >= 15 is 0 Å². The van der Waals surface area contributed by atoms with Crippen molar-refractivity contribution in [2.75, 3.05) is 18.9 Å². The second-order valence-electron chi connectivity index (χ2n) is 10.7. The van der Waals surface area contributed by atoms with E-state index in [9.17, 15) is 24.8 Å². The van der Waals surface area contributed by atoms with Crippen LogP contribution in [0.3, 0.4) is 0 Å². The Bertz CT molecular complexity index is 1510. The maximum absolute atomic E-state index is 14.0. The molecule has 0 saturated carbocycles. The molecule has 0 aliphatic carbocycles. The number of carbonyl (C=O) groups excluding carboxylic acids is 1. The number of aromatic nitrogens is 2. The van der Waals surface area contributed by atoms with Gasteiger partial charge in [0.25, 0.3) is 0 Å². The number of nitrogens with two attached hydrogens (primary N) is 1. The molecule has 43 heavy (non-hydrogen) atoms. The molecule has 1 unspecified atom stereocenters. The quantitative estimate of drug-likeness (QED) is 0.162. The van der Waals surface area contributed by atoms with Crippen LogP contribution >= 0.6 is 7.75 Å². The Morgan fingerprint density at radius 1 is 1.26 bits per heavy atom. The number of hydrogen-bond donors (Lipinski definition) is 4. The van der Waals surface area contributed by atoms with Gasteiger partial charge in [-0.2, -0.15) is 15.4 Å². The summed E-state index contributed by atoms with van der Waals surface area (Å²) in [4.78, 5) is 12.7. The van der Waals surface area contributed by atoms with Gasteiger partial charge >= 0.3 is 13.7 Å². The first kappa shape index (κ1) is 32.4. The smallest absolute Gasteiger partial charge is 0.459 e. The van der Waals surface area contributed by atoms with Crippen LogP contribution in [0.5, 0.6) is 5.75 Å². The molecule has 14 heteroatoms. The number of esters is 1. The minimum atomic E-state index is -4.33. The van der Waals surface area contributed by atoms with Crippen LogP contribution in [-0.2, 0) is 29.0 Å². The summed E-state index contributed by atoms with van der Waals surface area (Å²) in [5.74, 6) is -0.272. The summed E-state index contributed by atoms with van der Waals surface area (Å²) in [6.07, 6.45) is 0.0749. The van der Waals surface area contributed by atoms with Crippen molar-refractivity contribution in [3.05, 3.63) is 60.4 Å². The summed E-state index contributed by atoms with van der Waals surface area (Å²) in [5, 5.41) is 39.8. The molecule has 3 aromatic rings. The molecule has 4 rings (SSSR count). The molecular formula is C29H38N5O8P. The van der Waals surface area contributed by atoms with Crippen molar-refractivity contribution in [2.24, 2.45) is 5.92 Å². The zero-order valence-corrected chi connectivity index (χ0v) is 25.4. The Morgan fingerprint density at radius 2 is 1.95 bits per heavy atom. The van der Waals surface area contributed by atoms with Gasteiger partial charge < -0.3 is 29.9 Å². The molecule has 13 nitrogen and oxygen atoms in total. The summed E-state index contributed by atoms with van der Waals surface area (Å²) >= 11 is 0.